The monoisotopic (exact) mass is 547 g/mol. The van der Waals surface area contributed by atoms with Crippen molar-refractivity contribution in [2.24, 2.45) is 0 Å². The Balaban J connectivity index is 1.55. The molecule has 200 valence electrons. The van der Waals surface area contributed by atoms with E-state index in [0.29, 0.717) is 35.7 Å². The fraction of sp³-hybridized carbons (Fsp3) is 0.172. The number of halogens is 1. The molecule has 0 saturated carbocycles. The van der Waals surface area contributed by atoms with Crippen LogP contribution >= 0.6 is 11.6 Å². The molecule has 0 radical (unpaired) electrons. The third-order valence-electron chi connectivity index (χ3n) is 5.66. The third-order valence-corrected chi connectivity index (χ3v) is 6.01. The van der Waals surface area contributed by atoms with Crippen LogP contribution in [0.1, 0.15) is 41.0 Å². The molecule has 0 spiro atoms. The van der Waals surface area contributed by atoms with Gasteiger partial charge >= 0.3 is 5.97 Å². The molecule has 0 aromatic heterocycles. The molecule has 1 aliphatic rings. The summed E-state index contributed by atoms with van der Waals surface area (Å²) in [5.41, 5.74) is 1.09. The lowest BCUT2D eigenvalue weighted by molar-refractivity contribution is -0.120. The van der Waals surface area contributed by atoms with Crippen LogP contribution in [0.5, 0.6) is 5.75 Å². The van der Waals surface area contributed by atoms with Gasteiger partial charge in [-0.25, -0.2) is 9.69 Å². The molecule has 0 aliphatic carbocycles. The molecule has 3 aromatic carbocycles. The maximum atomic E-state index is 13.3. The fourth-order valence-corrected chi connectivity index (χ4v) is 4.08. The minimum atomic E-state index is -0.790. The van der Waals surface area contributed by atoms with Crippen molar-refractivity contribution in [3.05, 3.63) is 94.7 Å². The van der Waals surface area contributed by atoms with Gasteiger partial charge in [0.1, 0.15) is 16.5 Å². The van der Waals surface area contributed by atoms with Crippen molar-refractivity contribution in [1.82, 2.24) is 0 Å². The van der Waals surface area contributed by atoms with Gasteiger partial charge in [0, 0.05) is 11.3 Å². The second-order valence-corrected chi connectivity index (χ2v) is 8.75. The Kier molecular flexibility index (Phi) is 8.63. The number of imide groups is 1. The van der Waals surface area contributed by atoms with Gasteiger partial charge in [0.05, 0.1) is 30.2 Å². The summed E-state index contributed by atoms with van der Waals surface area (Å²) >= 11 is 6.29. The predicted molar refractivity (Wildman–Crippen MR) is 148 cm³/mol. The summed E-state index contributed by atoms with van der Waals surface area (Å²) in [6.07, 6.45) is 0.618. The van der Waals surface area contributed by atoms with Crippen LogP contribution in [0.2, 0.25) is 0 Å². The normalized spacial score (nSPS) is 12.9. The van der Waals surface area contributed by atoms with Crippen LogP contribution in [-0.4, -0.2) is 36.9 Å². The molecule has 0 fully saturated rings. The van der Waals surface area contributed by atoms with E-state index in [9.17, 15) is 19.2 Å². The summed E-state index contributed by atoms with van der Waals surface area (Å²) in [7, 11) is 0. The van der Waals surface area contributed by atoms with Gasteiger partial charge in [0.2, 0.25) is 0 Å². The van der Waals surface area contributed by atoms with Crippen LogP contribution in [0.15, 0.2) is 83.5 Å². The summed E-state index contributed by atoms with van der Waals surface area (Å²) in [4.78, 5) is 52.7. The van der Waals surface area contributed by atoms with E-state index in [1.54, 1.807) is 54.6 Å². The Morgan fingerprint density at radius 3 is 2.44 bits per heavy atom. The number of rotatable bonds is 10. The first kappa shape index (κ1) is 27.4. The van der Waals surface area contributed by atoms with Crippen LogP contribution in [0, 0.1) is 0 Å². The fourth-order valence-electron chi connectivity index (χ4n) is 3.87. The molecular weight excluding hydrogens is 522 g/mol. The number of nitrogens with one attached hydrogen (secondary N) is 2. The van der Waals surface area contributed by atoms with Gasteiger partial charge in [0.15, 0.2) is 0 Å². The molecule has 9 nitrogen and oxygen atoms in total. The molecule has 4 rings (SSSR count). The number of benzene rings is 3. The van der Waals surface area contributed by atoms with E-state index in [1.165, 1.54) is 18.2 Å². The highest BCUT2D eigenvalue weighted by atomic mass is 35.5. The number of para-hydroxylation sites is 3. The number of carbonyl (C=O) groups excluding carboxylic acids is 4. The van der Waals surface area contributed by atoms with E-state index in [1.807, 2.05) is 13.8 Å². The Hall–Kier alpha value is -4.63. The number of hydrogen-bond donors (Lipinski definition) is 2. The number of nitrogens with zero attached hydrogens (tertiary/aromatic N) is 1. The predicted octanol–water partition coefficient (Wildman–Crippen LogP) is 5.34. The molecule has 3 amide bonds. The standard InChI is InChI=1S/C29H26ClN3O6/c1-3-16-39-29(37)20-12-5-7-14-22(20)33-27(35)24(30)25(28(33)36)31-19-11-9-10-18(17-19)26(34)32-21-13-6-8-15-23(21)38-4-2/h5-15,17,31H,3-4,16H2,1-2H3,(H,32,34). The van der Waals surface area contributed by atoms with E-state index >= 15 is 0 Å². The minimum Gasteiger partial charge on any atom is -0.492 e. The van der Waals surface area contributed by atoms with Crippen molar-refractivity contribution < 1.29 is 28.7 Å². The third kappa shape index (κ3) is 5.94. The zero-order valence-corrected chi connectivity index (χ0v) is 22.1. The lowest BCUT2D eigenvalue weighted by Crippen LogP contribution is -2.33. The van der Waals surface area contributed by atoms with Crippen LogP contribution in [-0.2, 0) is 14.3 Å². The van der Waals surface area contributed by atoms with E-state index in [2.05, 4.69) is 10.6 Å². The maximum Gasteiger partial charge on any atom is 0.340 e. The zero-order valence-electron chi connectivity index (χ0n) is 21.3. The Morgan fingerprint density at radius 1 is 0.923 bits per heavy atom. The number of amides is 3. The SMILES string of the molecule is CCCOC(=O)c1ccccc1N1C(=O)C(Cl)=C(Nc2cccc(C(=O)Nc3ccccc3OCC)c2)C1=O. The van der Waals surface area contributed by atoms with Crippen LogP contribution < -0.4 is 20.3 Å². The van der Waals surface area contributed by atoms with E-state index in [-0.39, 0.29) is 28.6 Å². The van der Waals surface area contributed by atoms with Crippen molar-refractivity contribution in [1.29, 1.82) is 0 Å². The van der Waals surface area contributed by atoms with Gasteiger partial charge in [-0.05, 0) is 55.8 Å². The molecule has 2 N–H and O–H groups in total. The van der Waals surface area contributed by atoms with Crippen molar-refractivity contribution in [3.63, 3.8) is 0 Å². The first-order chi connectivity index (χ1) is 18.8. The lowest BCUT2D eigenvalue weighted by atomic mass is 10.1. The molecular formula is C29H26ClN3O6. The minimum absolute atomic E-state index is 0.0596. The number of ether oxygens (including phenoxy) is 2. The highest BCUT2D eigenvalue weighted by molar-refractivity contribution is 6.53. The van der Waals surface area contributed by atoms with Crippen molar-refractivity contribution in [2.75, 3.05) is 28.7 Å². The molecule has 39 heavy (non-hydrogen) atoms. The lowest BCUT2D eigenvalue weighted by Gasteiger charge is -2.18. The van der Waals surface area contributed by atoms with Gasteiger partial charge < -0.3 is 20.1 Å². The molecule has 0 saturated heterocycles. The van der Waals surface area contributed by atoms with Crippen molar-refractivity contribution in [2.45, 2.75) is 20.3 Å². The second-order valence-electron chi connectivity index (χ2n) is 8.38. The Bertz CT molecular complexity index is 1470. The van der Waals surface area contributed by atoms with Crippen LogP contribution in [0.25, 0.3) is 0 Å². The summed E-state index contributed by atoms with van der Waals surface area (Å²) < 4.78 is 10.8. The quantitative estimate of drug-likeness (QED) is 0.260. The number of carbonyl (C=O) groups is 4. The van der Waals surface area contributed by atoms with Crippen LogP contribution in [0.4, 0.5) is 17.1 Å². The highest BCUT2D eigenvalue weighted by Crippen LogP contribution is 2.33. The van der Waals surface area contributed by atoms with Gasteiger partial charge in [-0.2, -0.15) is 0 Å². The van der Waals surface area contributed by atoms with Gasteiger partial charge in [-0.15, -0.1) is 0 Å². The van der Waals surface area contributed by atoms with Gasteiger partial charge in [0.25, 0.3) is 17.7 Å². The maximum absolute atomic E-state index is 13.3. The molecule has 0 unspecified atom stereocenters. The molecule has 0 bridgehead atoms. The Morgan fingerprint density at radius 2 is 1.67 bits per heavy atom. The molecule has 1 aliphatic heterocycles. The van der Waals surface area contributed by atoms with Gasteiger partial charge in [-0.3, -0.25) is 14.4 Å². The zero-order chi connectivity index (χ0) is 27.9. The largest absolute Gasteiger partial charge is 0.492 e. The molecule has 10 heteroatoms. The first-order valence-electron chi connectivity index (χ1n) is 12.3. The van der Waals surface area contributed by atoms with Gasteiger partial charge in [-0.1, -0.05) is 48.9 Å². The summed E-state index contributed by atoms with van der Waals surface area (Å²) in [5.74, 6) is -2.06. The van der Waals surface area contributed by atoms with E-state index in [0.717, 1.165) is 4.90 Å². The van der Waals surface area contributed by atoms with E-state index in [4.69, 9.17) is 21.1 Å². The van der Waals surface area contributed by atoms with Crippen molar-refractivity contribution in [3.8, 4) is 5.75 Å². The molecule has 3 aromatic rings. The number of hydrogen-bond acceptors (Lipinski definition) is 7. The number of esters is 1. The average molecular weight is 548 g/mol. The number of anilines is 3. The first-order valence-corrected chi connectivity index (χ1v) is 12.7. The second kappa shape index (κ2) is 12.3. The highest BCUT2D eigenvalue weighted by Gasteiger charge is 2.40. The van der Waals surface area contributed by atoms with Crippen LogP contribution in [0.3, 0.4) is 0 Å². The van der Waals surface area contributed by atoms with E-state index < -0.39 is 23.7 Å². The summed E-state index contributed by atoms with van der Waals surface area (Å²) in [6.45, 7) is 4.34. The van der Waals surface area contributed by atoms with Crippen molar-refractivity contribution >= 4 is 52.4 Å². The summed E-state index contributed by atoms with van der Waals surface area (Å²) in [5, 5.41) is 5.32. The smallest absolute Gasteiger partial charge is 0.340 e. The molecule has 0 atom stereocenters. The molecule has 1 heterocycles. The Labute approximate surface area is 230 Å². The average Bonchev–Trinajstić information content (AvgIpc) is 3.15. The topological polar surface area (TPSA) is 114 Å². The summed E-state index contributed by atoms with van der Waals surface area (Å²) in [6, 6.07) is 19.6.